The minimum atomic E-state index is -0.681. The average molecular weight is 402 g/mol. The first kappa shape index (κ1) is 19.1. The Hall–Kier alpha value is -2.91. The minimum absolute atomic E-state index is 0.237. The van der Waals surface area contributed by atoms with E-state index in [9.17, 15) is 10.4 Å². The summed E-state index contributed by atoms with van der Waals surface area (Å²) in [4.78, 5) is 6.82. The van der Waals surface area contributed by atoms with Crippen LogP contribution in [0, 0.1) is 17.2 Å². The number of anilines is 1. The van der Waals surface area contributed by atoms with Crippen molar-refractivity contribution in [2.75, 3.05) is 18.0 Å². The maximum Gasteiger partial charge on any atom is 0.130 e. The van der Waals surface area contributed by atoms with Gasteiger partial charge in [-0.2, -0.15) is 10.4 Å². The van der Waals surface area contributed by atoms with E-state index in [2.05, 4.69) is 45.3 Å². The molecular formula is C24H27N5O. The summed E-state index contributed by atoms with van der Waals surface area (Å²) in [5.74, 6) is 1.15. The number of rotatable bonds is 4. The van der Waals surface area contributed by atoms with Crippen molar-refractivity contribution in [1.29, 1.82) is 5.26 Å². The molecule has 2 fully saturated rings. The maximum absolute atomic E-state index is 10.4. The van der Waals surface area contributed by atoms with Gasteiger partial charge in [0.05, 0.1) is 34.5 Å². The highest BCUT2D eigenvalue weighted by molar-refractivity contribution is 5.81. The van der Waals surface area contributed by atoms with Crippen molar-refractivity contribution in [3.05, 3.63) is 48.3 Å². The second-order valence-corrected chi connectivity index (χ2v) is 9.33. The molecule has 1 aliphatic carbocycles. The highest BCUT2D eigenvalue weighted by Crippen LogP contribution is 2.44. The normalized spacial score (nSPS) is 20.9. The molecule has 30 heavy (non-hydrogen) atoms. The molecule has 0 bridgehead atoms. The van der Waals surface area contributed by atoms with Crippen LogP contribution in [0.15, 0.2) is 42.7 Å². The zero-order valence-corrected chi connectivity index (χ0v) is 17.5. The summed E-state index contributed by atoms with van der Waals surface area (Å²) in [6.45, 7) is 5.46. The van der Waals surface area contributed by atoms with Crippen LogP contribution < -0.4 is 4.90 Å². The smallest absolute Gasteiger partial charge is 0.130 e. The number of nitrogens with zero attached hydrogens (tertiary/aromatic N) is 5. The Morgan fingerprint density at radius 2 is 2.07 bits per heavy atom. The standard InChI is InChI=1S/C24H27N5O/c1-23(2,30)19-7-11-28(15-19)22-13-20(6-10-26-22)29-21-12-18(5-4-17(21)14-27-29)24(16-25)8-3-9-24/h4-6,10,12-14,19,30H,3,7-9,11,15H2,1-2H3/t19-/m1/s1. The third-order valence-corrected chi connectivity index (χ3v) is 7.03. The minimum Gasteiger partial charge on any atom is -0.390 e. The fourth-order valence-electron chi connectivity index (χ4n) is 4.77. The van der Waals surface area contributed by atoms with Crippen molar-refractivity contribution in [3.8, 4) is 11.8 Å². The summed E-state index contributed by atoms with van der Waals surface area (Å²) < 4.78 is 1.94. The molecule has 3 aromatic rings. The number of benzene rings is 1. The van der Waals surface area contributed by atoms with Crippen LogP contribution in [0.1, 0.15) is 45.1 Å². The SMILES string of the molecule is CC(C)(O)[C@@H]1CCN(c2cc(-n3ncc4ccc(C5(C#N)CCC5)cc43)ccn2)C1. The molecule has 0 unspecified atom stereocenters. The van der Waals surface area contributed by atoms with Gasteiger partial charge < -0.3 is 10.0 Å². The fourth-order valence-corrected chi connectivity index (χ4v) is 4.77. The van der Waals surface area contributed by atoms with Crippen LogP contribution in [0.5, 0.6) is 0 Å². The Morgan fingerprint density at radius 1 is 1.23 bits per heavy atom. The third-order valence-electron chi connectivity index (χ3n) is 7.03. The molecule has 1 aromatic carbocycles. The predicted molar refractivity (Wildman–Crippen MR) is 117 cm³/mol. The van der Waals surface area contributed by atoms with Crippen LogP contribution in [0.25, 0.3) is 16.6 Å². The molecule has 3 heterocycles. The van der Waals surface area contributed by atoms with Gasteiger partial charge in [0.2, 0.25) is 0 Å². The first-order valence-corrected chi connectivity index (χ1v) is 10.7. The monoisotopic (exact) mass is 401 g/mol. The molecule has 0 spiro atoms. The van der Waals surface area contributed by atoms with Gasteiger partial charge in [-0.3, -0.25) is 0 Å². The van der Waals surface area contributed by atoms with Crippen LogP contribution in [0.3, 0.4) is 0 Å². The molecule has 0 radical (unpaired) electrons. The molecule has 1 saturated heterocycles. The molecule has 5 rings (SSSR count). The van der Waals surface area contributed by atoms with Crippen LogP contribution in [-0.2, 0) is 5.41 Å². The quantitative estimate of drug-likeness (QED) is 0.716. The summed E-state index contributed by atoms with van der Waals surface area (Å²) >= 11 is 0. The number of aliphatic hydroxyl groups is 1. The van der Waals surface area contributed by atoms with E-state index in [0.717, 1.165) is 66.7 Å². The summed E-state index contributed by atoms with van der Waals surface area (Å²) in [6, 6.07) is 12.9. The molecule has 2 aliphatic rings. The van der Waals surface area contributed by atoms with Crippen LogP contribution >= 0.6 is 0 Å². The van der Waals surface area contributed by atoms with Gasteiger partial charge in [0.1, 0.15) is 5.82 Å². The van der Waals surface area contributed by atoms with E-state index < -0.39 is 5.60 Å². The van der Waals surface area contributed by atoms with E-state index in [1.54, 1.807) is 0 Å². The molecule has 0 amide bonds. The first-order chi connectivity index (χ1) is 14.4. The second-order valence-electron chi connectivity index (χ2n) is 9.33. The molecular weight excluding hydrogens is 374 g/mol. The molecule has 1 N–H and O–H groups in total. The number of hydrogen-bond acceptors (Lipinski definition) is 5. The average Bonchev–Trinajstić information content (AvgIpc) is 3.35. The van der Waals surface area contributed by atoms with Crippen LogP contribution in [0.2, 0.25) is 0 Å². The maximum atomic E-state index is 10.4. The van der Waals surface area contributed by atoms with Gasteiger partial charge in [-0.05, 0) is 57.2 Å². The van der Waals surface area contributed by atoms with Gasteiger partial charge in [-0.1, -0.05) is 12.1 Å². The van der Waals surface area contributed by atoms with Crippen molar-refractivity contribution in [1.82, 2.24) is 14.8 Å². The number of pyridine rings is 1. The van der Waals surface area contributed by atoms with Crippen molar-refractivity contribution < 1.29 is 5.11 Å². The molecule has 6 heteroatoms. The van der Waals surface area contributed by atoms with Gasteiger partial charge in [-0.25, -0.2) is 9.67 Å². The molecule has 6 nitrogen and oxygen atoms in total. The van der Waals surface area contributed by atoms with Crippen LogP contribution in [-0.4, -0.2) is 38.6 Å². The lowest BCUT2D eigenvalue weighted by Gasteiger charge is -2.35. The lowest BCUT2D eigenvalue weighted by Crippen LogP contribution is -2.33. The number of fused-ring (bicyclic) bond motifs is 1. The summed E-state index contributed by atoms with van der Waals surface area (Å²) in [5, 5.41) is 25.8. The molecule has 1 atom stereocenters. The highest BCUT2D eigenvalue weighted by Gasteiger charge is 2.39. The number of nitriles is 1. The molecule has 1 saturated carbocycles. The predicted octanol–water partition coefficient (Wildman–Crippen LogP) is 3.96. The Morgan fingerprint density at radius 3 is 2.73 bits per heavy atom. The number of aromatic nitrogens is 3. The Bertz CT molecular complexity index is 1130. The van der Waals surface area contributed by atoms with Crippen LogP contribution in [0.4, 0.5) is 5.82 Å². The Kier molecular flexibility index (Phi) is 4.33. The lowest BCUT2D eigenvalue weighted by atomic mass is 9.65. The van der Waals surface area contributed by atoms with Crippen molar-refractivity contribution >= 4 is 16.7 Å². The molecule has 2 aromatic heterocycles. The van der Waals surface area contributed by atoms with Gasteiger partial charge in [-0.15, -0.1) is 0 Å². The first-order valence-electron chi connectivity index (χ1n) is 10.7. The number of hydrogen-bond donors (Lipinski definition) is 1. The fraction of sp³-hybridized carbons (Fsp3) is 0.458. The van der Waals surface area contributed by atoms with Gasteiger partial charge in [0, 0.05) is 36.7 Å². The second kappa shape index (κ2) is 6.82. The van der Waals surface area contributed by atoms with E-state index in [1.807, 2.05) is 37.0 Å². The summed E-state index contributed by atoms with van der Waals surface area (Å²) in [5.41, 5.74) is 2.04. The van der Waals surface area contributed by atoms with E-state index in [1.165, 1.54) is 0 Å². The van der Waals surface area contributed by atoms with Crippen molar-refractivity contribution in [3.63, 3.8) is 0 Å². The summed E-state index contributed by atoms with van der Waals surface area (Å²) in [7, 11) is 0. The largest absolute Gasteiger partial charge is 0.390 e. The lowest BCUT2D eigenvalue weighted by molar-refractivity contribution is 0.0263. The highest BCUT2D eigenvalue weighted by atomic mass is 16.3. The van der Waals surface area contributed by atoms with Crippen molar-refractivity contribution in [2.45, 2.75) is 50.5 Å². The van der Waals surface area contributed by atoms with E-state index in [-0.39, 0.29) is 11.3 Å². The van der Waals surface area contributed by atoms with Gasteiger partial charge >= 0.3 is 0 Å². The Labute approximate surface area is 176 Å². The van der Waals surface area contributed by atoms with Gasteiger partial charge in [0.25, 0.3) is 0 Å². The molecule has 154 valence electrons. The molecule has 1 aliphatic heterocycles. The van der Waals surface area contributed by atoms with E-state index in [4.69, 9.17) is 0 Å². The van der Waals surface area contributed by atoms with Crippen molar-refractivity contribution in [2.24, 2.45) is 5.92 Å². The van der Waals surface area contributed by atoms with Gasteiger partial charge in [0.15, 0.2) is 0 Å². The zero-order chi connectivity index (χ0) is 20.9. The zero-order valence-electron chi connectivity index (χ0n) is 17.5. The van der Waals surface area contributed by atoms with E-state index >= 15 is 0 Å². The van der Waals surface area contributed by atoms with E-state index in [0.29, 0.717) is 0 Å². The Balaban J connectivity index is 1.49. The third kappa shape index (κ3) is 3.05. The topological polar surface area (TPSA) is 78.0 Å². The summed E-state index contributed by atoms with van der Waals surface area (Å²) in [6.07, 6.45) is 7.63.